The van der Waals surface area contributed by atoms with Gasteiger partial charge >= 0.3 is 0 Å². The van der Waals surface area contributed by atoms with E-state index in [0.717, 1.165) is 30.0 Å². The average Bonchev–Trinajstić information content (AvgIpc) is 2.87. The summed E-state index contributed by atoms with van der Waals surface area (Å²) < 4.78 is 0. The Bertz CT molecular complexity index is 476. The number of aliphatic hydroxyl groups excluding tert-OH is 1. The molecule has 2 atom stereocenters. The quantitative estimate of drug-likeness (QED) is 0.913. The van der Waals surface area contributed by atoms with Gasteiger partial charge in [0, 0.05) is 24.4 Å². The first kappa shape index (κ1) is 15.4. The number of carbonyl (C=O) groups is 1. The van der Waals surface area contributed by atoms with Crippen molar-refractivity contribution >= 4 is 17.2 Å². The molecule has 4 nitrogen and oxygen atoms in total. The number of carbonyl (C=O) groups excluding carboxylic acids is 1. The summed E-state index contributed by atoms with van der Waals surface area (Å²) >= 11 is 1.42. The van der Waals surface area contributed by atoms with E-state index in [0.29, 0.717) is 6.54 Å². The van der Waals surface area contributed by atoms with Gasteiger partial charge < -0.3 is 10.0 Å². The van der Waals surface area contributed by atoms with Crippen LogP contribution < -0.4 is 0 Å². The maximum absolute atomic E-state index is 12.7. The maximum atomic E-state index is 12.7. The van der Waals surface area contributed by atoms with Crippen LogP contribution in [0.25, 0.3) is 0 Å². The SMILES string of the molecule is CC(O)C1CCCN(C(=O)c2scnc2C(C)(C)C)C1. The first-order chi connectivity index (χ1) is 9.30. The molecule has 1 aromatic heterocycles. The zero-order valence-corrected chi connectivity index (χ0v) is 13.5. The Morgan fingerprint density at radius 3 is 2.85 bits per heavy atom. The smallest absolute Gasteiger partial charge is 0.265 e. The molecule has 20 heavy (non-hydrogen) atoms. The molecule has 1 saturated heterocycles. The van der Waals surface area contributed by atoms with E-state index in [1.807, 2.05) is 11.8 Å². The molecule has 0 spiro atoms. The highest BCUT2D eigenvalue weighted by molar-refractivity contribution is 7.11. The second-order valence-corrected chi connectivity index (χ2v) is 7.53. The number of aliphatic hydroxyl groups is 1. The summed E-state index contributed by atoms with van der Waals surface area (Å²) in [5.74, 6) is 0.265. The number of amides is 1. The van der Waals surface area contributed by atoms with Gasteiger partial charge in [0.1, 0.15) is 4.88 Å². The monoisotopic (exact) mass is 296 g/mol. The van der Waals surface area contributed by atoms with Crippen molar-refractivity contribution in [2.24, 2.45) is 5.92 Å². The van der Waals surface area contributed by atoms with Crippen molar-refractivity contribution < 1.29 is 9.90 Å². The predicted octanol–water partition coefficient (Wildman–Crippen LogP) is 2.67. The Hall–Kier alpha value is -0.940. The number of hydrogen-bond acceptors (Lipinski definition) is 4. The Morgan fingerprint density at radius 1 is 1.55 bits per heavy atom. The van der Waals surface area contributed by atoms with E-state index >= 15 is 0 Å². The lowest BCUT2D eigenvalue weighted by Gasteiger charge is -2.34. The van der Waals surface area contributed by atoms with Crippen LogP contribution in [0, 0.1) is 5.92 Å². The minimum Gasteiger partial charge on any atom is -0.393 e. The van der Waals surface area contributed by atoms with E-state index in [-0.39, 0.29) is 23.3 Å². The molecule has 112 valence electrons. The van der Waals surface area contributed by atoms with Gasteiger partial charge in [-0.2, -0.15) is 0 Å². The highest BCUT2D eigenvalue weighted by Gasteiger charge is 2.31. The van der Waals surface area contributed by atoms with Crippen molar-refractivity contribution in [3.05, 3.63) is 16.1 Å². The average molecular weight is 296 g/mol. The fourth-order valence-electron chi connectivity index (χ4n) is 2.66. The number of piperidine rings is 1. The van der Waals surface area contributed by atoms with Crippen LogP contribution in [0.4, 0.5) is 0 Å². The van der Waals surface area contributed by atoms with E-state index in [1.165, 1.54) is 11.3 Å². The van der Waals surface area contributed by atoms with Gasteiger partial charge in [0.05, 0.1) is 17.3 Å². The lowest BCUT2D eigenvalue weighted by molar-refractivity contribution is 0.0468. The van der Waals surface area contributed by atoms with Gasteiger partial charge in [-0.1, -0.05) is 20.8 Å². The molecule has 0 saturated carbocycles. The van der Waals surface area contributed by atoms with Gasteiger partial charge in [-0.3, -0.25) is 4.79 Å². The Morgan fingerprint density at radius 2 is 2.25 bits per heavy atom. The highest BCUT2D eigenvalue weighted by Crippen LogP contribution is 2.29. The molecule has 0 radical (unpaired) electrons. The molecule has 5 heteroatoms. The molecule has 0 aromatic carbocycles. The minimum atomic E-state index is -0.353. The molecule has 1 aromatic rings. The van der Waals surface area contributed by atoms with Gasteiger partial charge in [-0.05, 0) is 19.8 Å². The summed E-state index contributed by atoms with van der Waals surface area (Å²) in [6.45, 7) is 9.47. The molecule has 0 aliphatic carbocycles. The molecule has 2 rings (SSSR count). The number of thiazole rings is 1. The molecule has 1 amide bonds. The Labute approximate surface area is 124 Å². The molecule has 1 N–H and O–H groups in total. The van der Waals surface area contributed by atoms with Crippen LogP contribution in [0.3, 0.4) is 0 Å². The standard InChI is InChI=1S/C15H24N2O2S/c1-10(18)11-6-5-7-17(8-11)14(19)12-13(15(2,3)4)16-9-20-12/h9-11,18H,5-8H2,1-4H3. The van der Waals surface area contributed by atoms with E-state index < -0.39 is 0 Å². The molecule has 1 fully saturated rings. The van der Waals surface area contributed by atoms with E-state index in [4.69, 9.17) is 0 Å². The largest absolute Gasteiger partial charge is 0.393 e. The lowest BCUT2D eigenvalue weighted by Crippen LogP contribution is -2.43. The van der Waals surface area contributed by atoms with Gasteiger partial charge in [-0.25, -0.2) is 4.98 Å². The van der Waals surface area contributed by atoms with Gasteiger partial charge in [0.15, 0.2) is 0 Å². The van der Waals surface area contributed by atoms with E-state index in [1.54, 1.807) is 5.51 Å². The number of nitrogens with zero attached hydrogens (tertiary/aromatic N) is 2. The predicted molar refractivity (Wildman–Crippen MR) is 81.1 cm³/mol. The second-order valence-electron chi connectivity index (χ2n) is 6.67. The molecular formula is C15H24N2O2S. The van der Waals surface area contributed by atoms with Crippen LogP contribution in [0.5, 0.6) is 0 Å². The maximum Gasteiger partial charge on any atom is 0.265 e. The van der Waals surface area contributed by atoms with Crippen LogP contribution in [0.15, 0.2) is 5.51 Å². The first-order valence-electron chi connectivity index (χ1n) is 7.22. The Balaban J connectivity index is 2.18. The third-order valence-electron chi connectivity index (χ3n) is 3.90. The van der Waals surface area contributed by atoms with Crippen LogP contribution in [0.1, 0.15) is 55.9 Å². The molecule has 0 bridgehead atoms. The summed E-state index contributed by atoms with van der Waals surface area (Å²) in [5.41, 5.74) is 2.51. The normalized spacial score (nSPS) is 21.9. The summed E-state index contributed by atoms with van der Waals surface area (Å²) in [6, 6.07) is 0. The number of likely N-dealkylation sites (tertiary alicyclic amines) is 1. The van der Waals surface area contributed by atoms with Crippen molar-refractivity contribution in [1.29, 1.82) is 0 Å². The number of rotatable bonds is 2. The van der Waals surface area contributed by atoms with Crippen LogP contribution >= 0.6 is 11.3 Å². The van der Waals surface area contributed by atoms with Gasteiger partial charge in [0.2, 0.25) is 0 Å². The van der Waals surface area contributed by atoms with E-state index in [2.05, 4.69) is 25.8 Å². The summed E-state index contributed by atoms with van der Waals surface area (Å²) in [7, 11) is 0. The zero-order valence-electron chi connectivity index (χ0n) is 12.7. The number of hydrogen-bond donors (Lipinski definition) is 1. The van der Waals surface area contributed by atoms with Gasteiger partial charge in [0.25, 0.3) is 5.91 Å². The van der Waals surface area contributed by atoms with Gasteiger partial charge in [-0.15, -0.1) is 11.3 Å². The zero-order chi connectivity index (χ0) is 14.9. The van der Waals surface area contributed by atoms with Crippen LogP contribution in [0.2, 0.25) is 0 Å². The minimum absolute atomic E-state index is 0.0720. The number of aromatic nitrogens is 1. The van der Waals surface area contributed by atoms with Crippen LogP contribution in [-0.4, -0.2) is 40.1 Å². The second kappa shape index (κ2) is 5.82. The van der Waals surface area contributed by atoms with E-state index in [9.17, 15) is 9.90 Å². The van der Waals surface area contributed by atoms with Crippen molar-refractivity contribution in [3.63, 3.8) is 0 Å². The first-order valence-corrected chi connectivity index (χ1v) is 8.10. The lowest BCUT2D eigenvalue weighted by atomic mass is 9.90. The summed E-state index contributed by atoms with van der Waals surface area (Å²) in [4.78, 5) is 19.7. The van der Waals surface area contributed by atoms with Crippen molar-refractivity contribution in [2.45, 2.75) is 52.1 Å². The molecule has 1 aliphatic rings. The molecular weight excluding hydrogens is 272 g/mol. The summed E-state index contributed by atoms with van der Waals surface area (Å²) in [6.07, 6.45) is 1.61. The van der Waals surface area contributed by atoms with Crippen LogP contribution in [-0.2, 0) is 5.41 Å². The third kappa shape index (κ3) is 3.20. The van der Waals surface area contributed by atoms with Crippen molar-refractivity contribution in [3.8, 4) is 0 Å². The molecule has 2 heterocycles. The topological polar surface area (TPSA) is 53.4 Å². The Kier molecular flexibility index (Phi) is 4.49. The van der Waals surface area contributed by atoms with Crippen molar-refractivity contribution in [2.75, 3.05) is 13.1 Å². The fourth-order valence-corrected chi connectivity index (χ4v) is 3.63. The third-order valence-corrected chi connectivity index (χ3v) is 4.71. The highest BCUT2D eigenvalue weighted by atomic mass is 32.1. The summed E-state index contributed by atoms with van der Waals surface area (Å²) in [5, 5.41) is 9.74. The molecule has 1 aliphatic heterocycles. The van der Waals surface area contributed by atoms with Crippen molar-refractivity contribution in [1.82, 2.24) is 9.88 Å². The fraction of sp³-hybridized carbons (Fsp3) is 0.733. The molecule has 2 unspecified atom stereocenters.